The van der Waals surface area contributed by atoms with Crippen LogP contribution in [0.15, 0.2) is 59.8 Å². The zero-order valence-corrected chi connectivity index (χ0v) is 18.7. The van der Waals surface area contributed by atoms with E-state index in [1.807, 2.05) is 53.1 Å². The van der Waals surface area contributed by atoms with Gasteiger partial charge in [0.2, 0.25) is 0 Å². The van der Waals surface area contributed by atoms with Crippen molar-refractivity contribution in [2.24, 2.45) is 0 Å². The quantitative estimate of drug-likeness (QED) is 0.565. The molecule has 1 fully saturated rings. The minimum Gasteiger partial charge on any atom is -0.348 e. The Morgan fingerprint density at radius 1 is 1.24 bits per heavy atom. The summed E-state index contributed by atoms with van der Waals surface area (Å²) in [5, 5.41) is 6.57. The summed E-state index contributed by atoms with van der Waals surface area (Å²) in [6, 6.07) is 14.4. The average Bonchev–Trinajstić information content (AvgIpc) is 3.11. The number of carbonyl (C=O) groups is 1. The second kappa shape index (κ2) is 10.9. The number of hydrogen-bond acceptors (Lipinski definition) is 4. The van der Waals surface area contributed by atoms with Crippen LogP contribution in [-0.4, -0.2) is 33.9 Å². The van der Waals surface area contributed by atoms with Gasteiger partial charge >= 0.3 is 0 Å². The molecule has 0 bridgehead atoms. The lowest BCUT2D eigenvalue weighted by atomic mass is 9.99. The van der Waals surface area contributed by atoms with Crippen molar-refractivity contribution in [1.29, 1.82) is 0 Å². The van der Waals surface area contributed by atoms with Gasteiger partial charge in [-0.3, -0.25) is 4.79 Å². The summed E-state index contributed by atoms with van der Waals surface area (Å²) >= 11 is 1.73. The van der Waals surface area contributed by atoms with E-state index in [2.05, 4.69) is 28.7 Å². The van der Waals surface area contributed by atoms with E-state index in [-0.39, 0.29) is 36.8 Å². The van der Waals surface area contributed by atoms with Crippen molar-refractivity contribution in [3.05, 3.63) is 66.1 Å². The molecule has 1 saturated heterocycles. The number of piperidine rings is 1. The maximum Gasteiger partial charge on any atom is 0.251 e. The smallest absolute Gasteiger partial charge is 0.251 e. The number of aromatic nitrogens is 2. The van der Waals surface area contributed by atoms with Crippen LogP contribution in [0.2, 0.25) is 0 Å². The molecular weight excluding hydrogens is 427 g/mol. The van der Waals surface area contributed by atoms with Gasteiger partial charge in [-0.15, -0.1) is 36.6 Å². The van der Waals surface area contributed by atoms with Gasteiger partial charge in [0, 0.05) is 40.7 Å². The van der Waals surface area contributed by atoms with Gasteiger partial charge in [0.25, 0.3) is 5.91 Å². The van der Waals surface area contributed by atoms with Crippen LogP contribution in [0.4, 0.5) is 0 Å². The highest BCUT2D eigenvalue weighted by Gasteiger charge is 2.22. The fraction of sp³-hybridized carbons (Fsp3) is 0.333. The Morgan fingerprint density at radius 3 is 2.76 bits per heavy atom. The van der Waals surface area contributed by atoms with Crippen LogP contribution >= 0.6 is 36.6 Å². The molecule has 0 saturated carbocycles. The Kier molecular flexibility index (Phi) is 8.83. The molecule has 3 heterocycles. The van der Waals surface area contributed by atoms with Gasteiger partial charge in [-0.2, -0.15) is 0 Å². The van der Waals surface area contributed by atoms with Crippen molar-refractivity contribution < 1.29 is 4.79 Å². The molecule has 2 aromatic heterocycles. The highest BCUT2D eigenvalue weighted by molar-refractivity contribution is 7.98. The van der Waals surface area contributed by atoms with Crippen molar-refractivity contribution in [2.75, 3.05) is 6.54 Å². The van der Waals surface area contributed by atoms with Crippen LogP contribution in [-0.2, 0) is 5.75 Å². The second-order valence-electron chi connectivity index (χ2n) is 6.98. The molecule has 5 nitrogen and oxygen atoms in total. The minimum absolute atomic E-state index is 0. The van der Waals surface area contributed by atoms with E-state index >= 15 is 0 Å². The normalized spacial score (nSPS) is 18.5. The van der Waals surface area contributed by atoms with Crippen molar-refractivity contribution in [1.82, 2.24) is 20.0 Å². The molecule has 2 N–H and O–H groups in total. The number of amides is 1. The minimum atomic E-state index is 0. The number of pyridine rings is 1. The Balaban J connectivity index is 0.00000150. The first-order valence-corrected chi connectivity index (χ1v) is 10.4. The predicted octanol–water partition coefficient (Wildman–Crippen LogP) is 4.34. The van der Waals surface area contributed by atoms with Gasteiger partial charge in [-0.05, 0) is 62.7 Å². The van der Waals surface area contributed by atoms with Crippen LogP contribution in [0.25, 0.3) is 5.65 Å². The zero-order valence-electron chi connectivity index (χ0n) is 16.2. The first-order valence-electron chi connectivity index (χ1n) is 9.39. The largest absolute Gasteiger partial charge is 0.348 e. The van der Waals surface area contributed by atoms with E-state index < -0.39 is 0 Å². The fourth-order valence-electron chi connectivity index (χ4n) is 3.41. The van der Waals surface area contributed by atoms with Gasteiger partial charge < -0.3 is 15.0 Å². The molecule has 0 radical (unpaired) electrons. The zero-order chi connectivity index (χ0) is 18.6. The summed E-state index contributed by atoms with van der Waals surface area (Å²) < 4.78 is 2.03. The standard InChI is InChI=1S/C21H24N4OS.2ClH/c1-15-19(5-4-11-22-15)24-21(26)16-7-9-18(10-8-16)27-14-17-13-25-12-3-2-6-20(25)23-17;;/h2-3,6-10,12-13,15,19,22H,4-5,11,14H2,1H3,(H,24,26);2*1H. The van der Waals surface area contributed by atoms with Gasteiger partial charge in [-0.25, -0.2) is 4.98 Å². The topological polar surface area (TPSA) is 58.4 Å². The molecule has 4 rings (SSSR count). The molecule has 156 valence electrons. The summed E-state index contributed by atoms with van der Waals surface area (Å²) in [5.74, 6) is 0.811. The van der Waals surface area contributed by atoms with E-state index in [1.54, 1.807) is 11.8 Å². The van der Waals surface area contributed by atoms with Crippen molar-refractivity contribution in [3.63, 3.8) is 0 Å². The van der Waals surface area contributed by atoms with E-state index in [4.69, 9.17) is 0 Å². The van der Waals surface area contributed by atoms with Gasteiger partial charge in [-0.1, -0.05) is 6.07 Å². The van der Waals surface area contributed by atoms with E-state index in [9.17, 15) is 4.79 Å². The fourth-order valence-corrected chi connectivity index (χ4v) is 4.19. The first-order chi connectivity index (χ1) is 13.2. The molecule has 8 heteroatoms. The summed E-state index contributed by atoms with van der Waals surface area (Å²) in [7, 11) is 0. The number of imidazole rings is 1. The molecule has 1 aromatic carbocycles. The maximum absolute atomic E-state index is 12.5. The van der Waals surface area contributed by atoms with Crippen LogP contribution in [0.1, 0.15) is 35.8 Å². The number of nitrogens with one attached hydrogen (secondary N) is 2. The number of nitrogens with zero attached hydrogens (tertiary/aromatic N) is 2. The number of halogens is 2. The molecule has 1 amide bonds. The van der Waals surface area contributed by atoms with Crippen LogP contribution in [0.3, 0.4) is 0 Å². The van der Waals surface area contributed by atoms with Crippen LogP contribution < -0.4 is 10.6 Å². The van der Waals surface area contributed by atoms with Crippen LogP contribution in [0, 0.1) is 0 Å². The van der Waals surface area contributed by atoms with E-state index in [0.29, 0.717) is 11.6 Å². The predicted molar refractivity (Wildman–Crippen MR) is 124 cm³/mol. The molecule has 1 aliphatic rings. The van der Waals surface area contributed by atoms with E-state index in [1.165, 1.54) is 0 Å². The number of fused-ring (bicyclic) bond motifs is 1. The summed E-state index contributed by atoms with van der Waals surface area (Å²) in [6.45, 7) is 3.16. The lowest BCUT2D eigenvalue weighted by Gasteiger charge is -2.30. The van der Waals surface area contributed by atoms with Crippen LogP contribution in [0.5, 0.6) is 0 Å². The lowest BCUT2D eigenvalue weighted by Crippen LogP contribution is -2.51. The van der Waals surface area contributed by atoms with Crippen molar-refractivity contribution in [3.8, 4) is 0 Å². The average molecular weight is 453 g/mol. The molecule has 0 aliphatic carbocycles. The Hall–Kier alpha value is -1.73. The molecule has 0 spiro atoms. The molecule has 29 heavy (non-hydrogen) atoms. The molecule has 2 unspecified atom stereocenters. The van der Waals surface area contributed by atoms with Crippen molar-refractivity contribution in [2.45, 2.75) is 42.5 Å². The maximum atomic E-state index is 12.5. The van der Waals surface area contributed by atoms with Gasteiger partial charge in [0.1, 0.15) is 5.65 Å². The highest BCUT2D eigenvalue weighted by atomic mass is 35.5. The monoisotopic (exact) mass is 452 g/mol. The molecule has 1 aliphatic heterocycles. The molecule has 3 aromatic rings. The highest BCUT2D eigenvalue weighted by Crippen LogP contribution is 2.23. The summed E-state index contributed by atoms with van der Waals surface area (Å²) in [6.07, 6.45) is 6.21. The lowest BCUT2D eigenvalue weighted by molar-refractivity contribution is 0.0920. The number of rotatable bonds is 5. The number of benzene rings is 1. The Bertz CT molecular complexity index is 899. The summed E-state index contributed by atoms with van der Waals surface area (Å²) in [4.78, 5) is 18.2. The van der Waals surface area contributed by atoms with Gasteiger partial charge in [0.15, 0.2) is 0 Å². The third-order valence-corrected chi connectivity index (χ3v) is 6.04. The van der Waals surface area contributed by atoms with Gasteiger partial charge in [0.05, 0.1) is 5.69 Å². The van der Waals surface area contributed by atoms with E-state index in [0.717, 1.165) is 41.4 Å². The first kappa shape index (κ1) is 23.5. The SMILES string of the molecule is CC1NCCCC1NC(=O)c1ccc(SCc2cn3ccccc3n2)cc1.Cl.Cl. The third kappa shape index (κ3) is 5.89. The molecular formula is C21H26Cl2N4OS. The third-order valence-electron chi connectivity index (χ3n) is 5.00. The summed E-state index contributed by atoms with van der Waals surface area (Å²) in [5.41, 5.74) is 2.73. The second-order valence-corrected chi connectivity index (χ2v) is 8.03. The number of hydrogen-bond donors (Lipinski definition) is 2. The van der Waals surface area contributed by atoms with Crippen molar-refractivity contribution >= 4 is 48.1 Å². The Morgan fingerprint density at radius 2 is 2.03 bits per heavy atom. The molecule has 2 atom stereocenters. The Labute approximate surface area is 187 Å². The number of thioether (sulfide) groups is 1. The number of carbonyl (C=O) groups excluding carboxylic acids is 1.